The van der Waals surface area contributed by atoms with E-state index in [0.29, 0.717) is 17.9 Å². The quantitative estimate of drug-likeness (QED) is 0.684. The minimum absolute atomic E-state index is 0.171. The van der Waals surface area contributed by atoms with Crippen molar-refractivity contribution in [2.75, 3.05) is 13.1 Å². The fraction of sp³-hybridized carbons (Fsp3) is 0.600. The summed E-state index contributed by atoms with van der Waals surface area (Å²) in [5.41, 5.74) is 0. The van der Waals surface area contributed by atoms with E-state index in [4.69, 9.17) is 16.3 Å². The Morgan fingerprint density at radius 2 is 1.69 bits per heavy atom. The predicted molar refractivity (Wildman–Crippen MR) is 109 cm³/mol. The van der Waals surface area contributed by atoms with Crippen molar-refractivity contribution in [3.8, 4) is 0 Å². The van der Waals surface area contributed by atoms with Gasteiger partial charge in [0.2, 0.25) is 10.0 Å². The Balaban J connectivity index is 1.49. The van der Waals surface area contributed by atoms with Crippen LogP contribution in [0, 0.1) is 5.92 Å². The van der Waals surface area contributed by atoms with E-state index in [-0.39, 0.29) is 29.9 Å². The fourth-order valence-electron chi connectivity index (χ4n) is 3.80. The van der Waals surface area contributed by atoms with Crippen molar-refractivity contribution in [3.63, 3.8) is 0 Å². The van der Waals surface area contributed by atoms with Crippen molar-refractivity contribution in [2.24, 2.45) is 5.92 Å². The number of halogens is 1. The van der Waals surface area contributed by atoms with E-state index in [9.17, 15) is 18.0 Å². The molecule has 1 saturated heterocycles. The van der Waals surface area contributed by atoms with Crippen molar-refractivity contribution in [3.05, 3.63) is 29.3 Å². The molecule has 1 aromatic carbocycles. The molecule has 1 N–H and O–H groups in total. The summed E-state index contributed by atoms with van der Waals surface area (Å²) in [6, 6.07) is 6.20. The summed E-state index contributed by atoms with van der Waals surface area (Å²) in [5.74, 6) is -1.12. The van der Waals surface area contributed by atoms with Gasteiger partial charge in [-0.25, -0.2) is 8.42 Å². The maximum absolute atomic E-state index is 12.7. The highest BCUT2D eigenvalue weighted by Gasteiger charge is 2.34. The molecule has 0 spiro atoms. The number of nitrogens with one attached hydrogen (secondary N) is 1. The minimum atomic E-state index is -3.62. The average Bonchev–Trinajstić information content (AvgIpc) is 3.21. The molecule has 7 nitrogen and oxygen atoms in total. The Bertz CT molecular complexity index is 829. The van der Waals surface area contributed by atoms with Gasteiger partial charge in [-0.1, -0.05) is 24.4 Å². The van der Waals surface area contributed by atoms with Crippen LogP contribution in [-0.2, 0) is 24.3 Å². The second-order valence-corrected chi connectivity index (χ2v) is 10.1. The number of nitrogens with zero attached hydrogens (tertiary/aromatic N) is 1. The van der Waals surface area contributed by atoms with E-state index in [0.717, 1.165) is 25.7 Å². The molecule has 0 radical (unpaired) electrons. The van der Waals surface area contributed by atoms with Gasteiger partial charge in [-0.05, 0) is 56.9 Å². The zero-order chi connectivity index (χ0) is 21.0. The van der Waals surface area contributed by atoms with Crippen LogP contribution in [-0.4, -0.2) is 49.8 Å². The molecule has 0 aromatic heterocycles. The smallest absolute Gasteiger partial charge is 0.309 e. The molecular weight excluding hydrogens is 416 g/mol. The molecule has 3 rings (SSSR count). The number of carbonyl (C=O) groups is 2. The lowest BCUT2D eigenvalue weighted by Crippen LogP contribution is -2.43. The van der Waals surface area contributed by atoms with Gasteiger partial charge >= 0.3 is 5.97 Å². The van der Waals surface area contributed by atoms with Crippen LogP contribution < -0.4 is 5.32 Å². The number of benzene rings is 1. The van der Waals surface area contributed by atoms with Gasteiger partial charge in [0.1, 0.15) is 0 Å². The first kappa shape index (κ1) is 22.1. The van der Waals surface area contributed by atoms with Crippen LogP contribution in [0.1, 0.15) is 45.4 Å². The van der Waals surface area contributed by atoms with Crippen LogP contribution in [0.15, 0.2) is 29.2 Å². The van der Waals surface area contributed by atoms with Gasteiger partial charge in [-0.3, -0.25) is 9.59 Å². The molecule has 0 bridgehead atoms. The third-order valence-electron chi connectivity index (χ3n) is 5.60. The van der Waals surface area contributed by atoms with Gasteiger partial charge in [0, 0.05) is 24.2 Å². The Labute approximate surface area is 176 Å². The fourth-order valence-corrected chi connectivity index (χ4v) is 5.40. The number of hydrogen-bond donors (Lipinski definition) is 1. The number of piperidine rings is 1. The predicted octanol–water partition coefficient (Wildman–Crippen LogP) is 2.73. The first-order valence-electron chi connectivity index (χ1n) is 10.0. The number of hydrogen-bond acceptors (Lipinski definition) is 5. The standard InChI is InChI=1S/C20H27ClN2O5S/c1-14(19(24)22-17-4-2-3-5-17)28-20(25)15-10-12-23(13-11-15)29(26,27)18-8-6-16(21)7-9-18/h6-9,14-15,17H,2-5,10-13H2,1H3,(H,22,24)/t14-/m0/s1. The summed E-state index contributed by atoms with van der Waals surface area (Å²) in [4.78, 5) is 24.8. The Morgan fingerprint density at radius 3 is 2.28 bits per heavy atom. The van der Waals surface area contributed by atoms with Crippen LogP contribution in [0.4, 0.5) is 0 Å². The number of ether oxygens (including phenoxy) is 1. The van der Waals surface area contributed by atoms with E-state index >= 15 is 0 Å². The highest BCUT2D eigenvalue weighted by atomic mass is 35.5. The molecule has 2 fully saturated rings. The average molecular weight is 443 g/mol. The van der Waals surface area contributed by atoms with E-state index in [1.807, 2.05) is 0 Å². The molecule has 1 aromatic rings. The van der Waals surface area contributed by atoms with Gasteiger partial charge in [-0.15, -0.1) is 0 Å². The van der Waals surface area contributed by atoms with Crippen LogP contribution in [0.5, 0.6) is 0 Å². The summed E-state index contributed by atoms with van der Waals surface area (Å²) in [6.45, 7) is 2.03. The summed E-state index contributed by atoms with van der Waals surface area (Å²) in [5, 5.41) is 3.39. The Hall–Kier alpha value is -1.64. The first-order chi connectivity index (χ1) is 13.8. The normalized spacial score (nSPS) is 20.3. The highest BCUT2D eigenvalue weighted by Crippen LogP contribution is 2.26. The molecule has 0 unspecified atom stereocenters. The van der Waals surface area contributed by atoms with E-state index in [1.165, 1.54) is 28.6 Å². The zero-order valence-corrected chi connectivity index (χ0v) is 18.0. The number of amides is 1. The molecule has 1 aliphatic heterocycles. The summed E-state index contributed by atoms with van der Waals surface area (Å²) in [7, 11) is -3.62. The van der Waals surface area contributed by atoms with Crippen LogP contribution in [0.3, 0.4) is 0 Å². The van der Waals surface area contributed by atoms with Crippen LogP contribution >= 0.6 is 11.6 Å². The zero-order valence-electron chi connectivity index (χ0n) is 16.5. The van der Waals surface area contributed by atoms with Crippen LogP contribution in [0.2, 0.25) is 5.02 Å². The number of sulfonamides is 1. The van der Waals surface area contributed by atoms with E-state index < -0.39 is 28.0 Å². The molecule has 160 valence electrons. The number of rotatable bonds is 6. The third kappa shape index (κ3) is 5.49. The van der Waals surface area contributed by atoms with Gasteiger partial charge < -0.3 is 10.1 Å². The van der Waals surface area contributed by atoms with Gasteiger partial charge in [0.25, 0.3) is 5.91 Å². The summed E-state index contributed by atoms with van der Waals surface area (Å²) in [6.07, 6.45) is 4.03. The summed E-state index contributed by atoms with van der Waals surface area (Å²) < 4.78 is 32.2. The van der Waals surface area contributed by atoms with E-state index in [2.05, 4.69) is 5.32 Å². The lowest BCUT2D eigenvalue weighted by Gasteiger charge is -2.30. The van der Waals surface area contributed by atoms with Crippen molar-refractivity contribution >= 4 is 33.5 Å². The van der Waals surface area contributed by atoms with Crippen molar-refractivity contribution in [2.45, 2.75) is 62.5 Å². The molecule has 9 heteroatoms. The largest absolute Gasteiger partial charge is 0.452 e. The molecule has 1 amide bonds. The van der Waals surface area contributed by atoms with Crippen molar-refractivity contribution < 1.29 is 22.7 Å². The van der Waals surface area contributed by atoms with Gasteiger partial charge in [0.15, 0.2) is 6.10 Å². The maximum atomic E-state index is 12.7. The van der Waals surface area contributed by atoms with Crippen LogP contribution in [0.25, 0.3) is 0 Å². The third-order valence-corrected chi connectivity index (χ3v) is 7.77. The SMILES string of the molecule is C[C@H](OC(=O)C1CCN(S(=O)(=O)c2ccc(Cl)cc2)CC1)C(=O)NC1CCCC1. The molecule has 1 saturated carbocycles. The first-order valence-corrected chi connectivity index (χ1v) is 11.9. The molecule has 1 atom stereocenters. The topological polar surface area (TPSA) is 92.8 Å². The maximum Gasteiger partial charge on any atom is 0.309 e. The molecular formula is C20H27ClN2O5S. The number of esters is 1. The Kier molecular flexibility index (Phi) is 7.19. The van der Waals surface area contributed by atoms with Crippen molar-refractivity contribution in [1.82, 2.24) is 9.62 Å². The van der Waals surface area contributed by atoms with Gasteiger partial charge in [-0.2, -0.15) is 4.31 Å². The molecule has 1 aliphatic carbocycles. The molecule has 1 heterocycles. The monoisotopic (exact) mass is 442 g/mol. The molecule has 2 aliphatic rings. The second-order valence-electron chi connectivity index (χ2n) is 7.70. The van der Waals surface area contributed by atoms with E-state index in [1.54, 1.807) is 6.92 Å². The second kappa shape index (κ2) is 9.45. The highest BCUT2D eigenvalue weighted by molar-refractivity contribution is 7.89. The molecule has 29 heavy (non-hydrogen) atoms. The van der Waals surface area contributed by atoms with Gasteiger partial charge in [0.05, 0.1) is 10.8 Å². The summed E-state index contributed by atoms with van der Waals surface area (Å²) >= 11 is 5.82. The Morgan fingerprint density at radius 1 is 1.10 bits per heavy atom. The number of carbonyl (C=O) groups excluding carboxylic acids is 2. The lowest BCUT2D eigenvalue weighted by atomic mass is 9.98. The van der Waals surface area contributed by atoms with Crippen molar-refractivity contribution in [1.29, 1.82) is 0 Å². The lowest BCUT2D eigenvalue weighted by molar-refractivity contribution is -0.160. The minimum Gasteiger partial charge on any atom is -0.452 e.